The van der Waals surface area contributed by atoms with E-state index in [2.05, 4.69) is 20.4 Å². The van der Waals surface area contributed by atoms with Crippen molar-refractivity contribution in [3.05, 3.63) is 60.3 Å². The maximum atomic E-state index is 14.2. The molecular weight excluding hydrogens is 404 g/mol. The molecule has 0 saturated carbocycles. The van der Waals surface area contributed by atoms with Crippen molar-refractivity contribution in [1.82, 2.24) is 15.4 Å². The number of hydrogen-bond donors (Lipinski definition) is 2. The third-order valence-electron chi connectivity index (χ3n) is 5.43. The van der Waals surface area contributed by atoms with Gasteiger partial charge in [-0.15, -0.1) is 0 Å². The van der Waals surface area contributed by atoms with Crippen molar-refractivity contribution in [2.75, 3.05) is 31.1 Å². The predicted octanol–water partition coefficient (Wildman–Crippen LogP) is 2.83. The fraction of sp³-hybridized carbons (Fsp3) is 0.227. The number of aromatic nitrogens is 1. The third-order valence-corrected chi connectivity index (χ3v) is 5.43. The summed E-state index contributed by atoms with van der Waals surface area (Å²) in [7, 11) is 0. The lowest BCUT2D eigenvalue weighted by atomic mass is 10.0. The number of benzene rings is 2. The number of amides is 1. The molecule has 1 atom stereocenters. The first kappa shape index (κ1) is 21.0. The summed E-state index contributed by atoms with van der Waals surface area (Å²) >= 11 is 0. The van der Waals surface area contributed by atoms with Crippen LogP contribution in [-0.4, -0.2) is 60.1 Å². The van der Waals surface area contributed by atoms with E-state index in [-0.39, 0.29) is 5.56 Å². The van der Waals surface area contributed by atoms with Gasteiger partial charge in [-0.05, 0) is 35.9 Å². The molecule has 1 aliphatic rings. The van der Waals surface area contributed by atoms with Gasteiger partial charge in [0, 0.05) is 55.2 Å². The van der Waals surface area contributed by atoms with Gasteiger partial charge in [-0.25, -0.2) is 13.8 Å². The lowest BCUT2D eigenvalue weighted by Crippen LogP contribution is -2.55. The molecule has 1 saturated heterocycles. The number of pyridine rings is 1. The Morgan fingerprint density at radius 3 is 2.65 bits per heavy atom. The van der Waals surface area contributed by atoms with E-state index >= 15 is 0 Å². The van der Waals surface area contributed by atoms with E-state index in [4.69, 9.17) is 0 Å². The number of nitrogens with one attached hydrogen (secondary N) is 1. The number of piperazine rings is 1. The maximum absolute atomic E-state index is 14.2. The van der Waals surface area contributed by atoms with Gasteiger partial charge in [0.25, 0.3) is 0 Å². The first-order valence-electron chi connectivity index (χ1n) is 9.80. The largest absolute Gasteiger partial charge is 0.368 e. The fourth-order valence-electron chi connectivity index (χ4n) is 3.86. The molecule has 0 aliphatic carbocycles. The second kappa shape index (κ2) is 9.25. The van der Waals surface area contributed by atoms with E-state index < -0.39 is 17.8 Å². The van der Waals surface area contributed by atoms with Crippen LogP contribution in [0.1, 0.15) is 0 Å². The first-order valence-corrected chi connectivity index (χ1v) is 9.80. The van der Waals surface area contributed by atoms with Crippen molar-refractivity contribution in [2.24, 2.45) is 4.99 Å². The van der Waals surface area contributed by atoms with Crippen LogP contribution in [0.15, 0.2) is 53.7 Å². The van der Waals surface area contributed by atoms with E-state index in [1.54, 1.807) is 18.3 Å². The molecule has 1 aromatic heterocycles. The predicted molar refractivity (Wildman–Crippen MR) is 114 cm³/mol. The van der Waals surface area contributed by atoms with Gasteiger partial charge in [-0.2, -0.15) is 5.48 Å². The Hall–Kier alpha value is -3.27. The van der Waals surface area contributed by atoms with Crippen LogP contribution < -0.4 is 10.4 Å². The number of nitrogens with zero attached hydrogens (tertiary/aromatic N) is 4. The van der Waals surface area contributed by atoms with Crippen LogP contribution in [0, 0.1) is 11.6 Å². The van der Waals surface area contributed by atoms with Crippen LogP contribution in [-0.2, 0) is 4.79 Å². The summed E-state index contributed by atoms with van der Waals surface area (Å²) in [6, 6.07) is 10.7. The summed E-state index contributed by atoms with van der Waals surface area (Å²) in [6.07, 6.45) is 2.95. The molecule has 1 unspecified atom stereocenters. The SMILES string of the molecule is O=CN=CC(NO)N1CCN(c2ccnc3cc(-c4cc(F)ccc4F)ccc23)CC1. The van der Waals surface area contributed by atoms with E-state index in [1.807, 2.05) is 17.0 Å². The smallest absolute Gasteiger partial charge is 0.232 e. The van der Waals surface area contributed by atoms with Gasteiger partial charge >= 0.3 is 0 Å². The van der Waals surface area contributed by atoms with Gasteiger partial charge in [-0.3, -0.25) is 14.7 Å². The fourth-order valence-corrected chi connectivity index (χ4v) is 3.86. The first-order chi connectivity index (χ1) is 15.1. The molecule has 0 radical (unpaired) electrons. The average molecular weight is 425 g/mol. The van der Waals surface area contributed by atoms with E-state index in [1.165, 1.54) is 12.3 Å². The summed E-state index contributed by atoms with van der Waals surface area (Å²) in [5, 5.41) is 10.2. The Balaban J connectivity index is 1.58. The zero-order valence-electron chi connectivity index (χ0n) is 16.6. The van der Waals surface area contributed by atoms with Crippen LogP contribution in [0.25, 0.3) is 22.0 Å². The third kappa shape index (κ3) is 4.43. The Bertz CT molecular complexity index is 1120. The molecule has 1 fully saturated rings. The molecule has 160 valence electrons. The van der Waals surface area contributed by atoms with E-state index in [9.17, 15) is 18.8 Å². The van der Waals surface area contributed by atoms with Crippen molar-refractivity contribution < 1.29 is 18.8 Å². The van der Waals surface area contributed by atoms with Gasteiger partial charge in [0.05, 0.1) is 5.52 Å². The molecule has 0 bridgehead atoms. The number of halogens is 2. The van der Waals surface area contributed by atoms with Crippen molar-refractivity contribution in [3.63, 3.8) is 0 Å². The molecule has 2 aromatic carbocycles. The molecule has 1 aliphatic heterocycles. The Morgan fingerprint density at radius 2 is 1.90 bits per heavy atom. The maximum Gasteiger partial charge on any atom is 0.232 e. The summed E-state index contributed by atoms with van der Waals surface area (Å²) in [5.41, 5.74) is 4.59. The van der Waals surface area contributed by atoms with E-state index in [0.717, 1.165) is 23.2 Å². The zero-order chi connectivity index (χ0) is 21.8. The van der Waals surface area contributed by atoms with Crippen LogP contribution in [0.2, 0.25) is 0 Å². The highest BCUT2D eigenvalue weighted by Crippen LogP contribution is 2.31. The molecule has 2 N–H and O–H groups in total. The summed E-state index contributed by atoms with van der Waals surface area (Å²) < 4.78 is 27.8. The Labute approximate surface area is 177 Å². The van der Waals surface area contributed by atoms with Crippen molar-refractivity contribution >= 4 is 29.2 Å². The highest BCUT2D eigenvalue weighted by Gasteiger charge is 2.23. The molecular formula is C22H21F2N5O2. The second-order valence-electron chi connectivity index (χ2n) is 7.19. The highest BCUT2D eigenvalue weighted by atomic mass is 19.1. The van der Waals surface area contributed by atoms with Crippen molar-refractivity contribution in [1.29, 1.82) is 0 Å². The Kier molecular flexibility index (Phi) is 6.26. The minimum Gasteiger partial charge on any atom is -0.368 e. The minimum atomic E-state index is -0.537. The molecule has 9 heteroatoms. The van der Waals surface area contributed by atoms with Gasteiger partial charge in [0.2, 0.25) is 6.41 Å². The quantitative estimate of drug-likeness (QED) is 0.359. The number of anilines is 1. The summed E-state index contributed by atoms with van der Waals surface area (Å²) in [6.45, 7) is 2.65. The minimum absolute atomic E-state index is 0.197. The van der Waals surface area contributed by atoms with E-state index in [0.29, 0.717) is 43.7 Å². The second-order valence-corrected chi connectivity index (χ2v) is 7.19. The Morgan fingerprint density at radius 1 is 1.10 bits per heavy atom. The topological polar surface area (TPSA) is 81.1 Å². The molecule has 4 rings (SSSR count). The summed E-state index contributed by atoms with van der Waals surface area (Å²) in [5.74, 6) is -0.983. The number of hydrogen-bond acceptors (Lipinski definition) is 6. The lowest BCUT2D eigenvalue weighted by molar-refractivity contribution is -0.106. The van der Waals surface area contributed by atoms with Gasteiger partial charge in [0.15, 0.2) is 0 Å². The van der Waals surface area contributed by atoms with Gasteiger partial charge < -0.3 is 10.1 Å². The van der Waals surface area contributed by atoms with Crippen LogP contribution in [0.5, 0.6) is 0 Å². The van der Waals surface area contributed by atoms with Crippen LogP contribution >= 0.6 is 0 Å². The highest BCUT2D eigenvalue weighted by molar-refractivity contribution is 5.94. The van der Waals surface area contributed by atoms with Crippen LogP contribution in [0.3, 0.4) is 0 Å². The van der Waals surface area contributed by atoms with Gasteiger partial charge in [0.1, 0.15) is 17.8 Å². The molecule has 1 amide bonds. The molecule has 3 aromatic rings. The molecule has 7 nitrogen and oxygen atoms in total. The van der Waals surface area contributed by atoms with Crippen molar-refractivity contribution in [3.8, 4) is 11.1 Å². The number of rotatable bonds is 6. The molecule has 0 spiro atoms. The van der Waals surface area contributed by atoms with Gasteiger partial charge in [-0.1, -0.05) is 12.1 Å². The molecule has 2 heterocycles. The number of hydroxylamine groups is 1. The monoisotopic (exact) mass is 425 g/mol. The van der Waals surface area contributed by atoms with Crippen LogP contribution in [0.4, 0.5) is 14.5 Å². The zero-order valence-corrected chi connectivity index (χ0v) is 16.6. The lowest BCUT2D eigenvalue weighted by Gasteiger charge is -2.38. The summed E-state index contributed by atoms with van der Waals surface area (Å²) in [4.78, 5) is 22.6. The van der Waals surface area contributed by atoms with Crippen molar-refractivity contribution in [2.45, 2.75) is 6.17 Å². The number of carbonyl (C=O) groups is 1. The average Bonchev–Trinajstić information content (AvgIpc) is 2.81. The standard InChI is InChI=1S/C22H21F2N5O2/c23-16-2-4-19(24)18(12-16)15-1-3-17-20(11-15)26-6-5-21(17)28-7-9-29(10-8-28)22(27-31)13-25-14-30/h1-6,11-14,22,27,31H,7-10H2. The normalized spacial score (nSPS) is 16.2. The number of aliphatic imine (C=N–C) groups is 1. The number of carbonyl (C=O) groups excluding carboxylic acids is 1. The molecule has 31 heavy (non-hydrogen) atoms. The number of fused-ring (bicyclic) bond motifs is 1.